The predicted molar refractivity (Wildman–Crippen MR) is 138 cm³/mol. The molecule has 2 heterocycles. The summed E-state index contributed by atoms with van der Waals surface area (Å²) in [4.78, 5) is 36.9. The average molecular weight is 537 g/mol. The van der Waals surface area contributed by atoms with Crippen LogP contribution in [0.25, 0.3) is 11.0 Å². The Balaban J connectivity index is 1.26. The van der Waals surface area contributed by atoms with Crippen molar-refractivity contribution >= 4 is 28.4 Å². The van der Waals surface area contributed by atoms with Gasteiger partial charge in [0.25, 0.3) is 0 Å². The number of piperazine rings is 1. The first-order valence-electron chi connectivity index (χ1n) is 12.4. The van der Waals surface area contributed by atoms with E-state index in [1.54, 1.807) is 48.7 Å². The van der Waals surface area contributed by atoms with Crippen LogP contribution in [0.15, 0.2) is 66.9 Å². The molecule has 0 amide bonds. The first-order chi connectivity index (χ1) is 18.7. The van der Waals surface area contributed by atoms with Crippen molar-refractivity contribution in [2.45, 2.75) is 19.0 Å². The largest absolute Gasteiger partial charge is 0.419 e. The summed E-state index contributed by atoms with van der Waals surface area (Å²) in [6.45, 7) is 3.38. The van der Waals surface area contributed by atoms with Crippen LogP contribution in [-0.4, -0.2) is 47.7 Å². The van der Waals surface area contributed by atoms with Crippen molar-refractivity contribution in [2.24, 2.45) is 0 Å². The summed E-state index contributed by atoms with van der Waals surface area (Å²) in [6.07, 6.45) is -3.40. The summed E-state index contributed by atoms with van der Waals surface area (Å²) in [5, 5.41) is 3.29. The maximum absolute atomic E-state index is 13.5. The summed E-state index contributed by atoms with van der Waals surface area (Å²) >= 11 is 0. The maximum Gasteiger partial charge on any atom is 0.419 e. The molecule has 1 aliphatic rings. The third-order valence-electron chi connectivity index (χ3n) is 6.59. The Hall–Kier alpha value is -4.18. The lowest BCUT2D eigenvalue weighted by atomic mass is 9.98. The summed E-state index contributed by atoms with van der Waals surface area (Å²) in [7, 11) is 0. The highest BCUT2D eigenvalue weighted by Gasteiger charge is 2.34. The lowest BCUT2D eigenvalue weighted by molar-refractivity contribution is -0.140. The van der Waals surface area contributed by atoms with Gasteiger partial charge in [0, 0.05) is 50.1 Å². The molecule has 6 nitrogen and oxygen atoms in total. The Morgan fingerprint density at radius 1 is 0.846 bits per heavy atom. The molecule has 1 aromatic heterocycles. The van der Waals surface area contributed by atoms with Crippen LogP contribution in [0.3, 0.4) is 0 Å². The summed E-state index contributed by atoms with van der Waals surface area (Å²) in [5.74, 6) is -1.16. The van der Waals surface area contributed by atoms with Crippen LogP contribution in [0.1, 0.15) is 32.6 Å². The number of anilines is 1. The molecular weight excluding hydrogens is 512 g/mol. The van der Waals surface area contributed by atoms with Crippen LogP contribution in [0, 0.1) is 5.82 Å². The first-order valence-corrected chi connectivity index (χ1v) is 12.4. The number of rotatable bonds is 7. The minimum absolute atomic E-state index is 0.0342. The second-order valence-corrected chi connectivity index (χ2v) is 9.40. The molecule has 200 valence electrons. The Morgan fingerprint density at radius 2 is 1.51 bits per heavy atom. The van der Waals surface area contributed by atoms with E-state index in [1.165, 1.54) is 6.07 Å². The highest BCUT2D eigenvalue weighted by molar-refractivity contribution is 6.10. The van der Waals surface area contributed by atoms with E-state index in [0.29, 0.717) is 33.8 Å². The van der Waals surface area contributed by atoms with Gasteiger partial charge in [-0.25, -0.2) is 9.37 Å². The number of nitrogens with one attached hydrogen (secondary N) is 1. The van der Waals surface area contributed by atoms with E-state index in [4.69, 9.17) is 4.98 Å². The number of benzene rings is 3. The average Bonchev–Trinajstić information content (AvgIpc) is 2.93. The maximum atomic E-state index is 13.5. The van der Waals surface area contributed by atoms with Gasteiger partial charge >= 0.3 is 6.18 Å². The van der Waals surface area contributed by atoms with Crippen LogP contribution in [0.4, 0.5) is 23.4 Å². The summed E-state index contributed by atoms with van der Waals surface area (Å²) < 4.78 is 52.3. The van der Waals surface area contributed by atoms with Gasteiger partial charge in [0.2, 0.25) is 0 Å². The molecule has 39 heavy (non-hydrogen) atoms. The van der Waals surface area contributed by atoms with Gasteiger partial charge in [-0.15, -0.1) is 0 Å². The predicted octanol–water partition coefficient (Wildman–Crippen LogP) is 4.78. The van der Waals surface area contributed by atoms with Gasteiger partial charge in [0.05, 0.1) is 22.8 Å². The van der Waals surface area contributed by atoms with E-state index in [0.717, 1.165) is 38.1 Å². The molecule has 1 saturated heterocycles. The van der Waals surface area contributed by atoms with Crippen LogP contribution in [0.5, 0.6) is 0 Å². The monoisotopic (exact) mass is 536 g/mol. The minimum atomic E-state index is -4.84. The molecule has 0 spiro atoms. The van der Waals surface area contributed by atoms with Crippen LogP contribution >= 0.6 is 0 Å². The lowest BCUT2D eigenvalue weighted by Gasteiger charge is -2.28. The summed E-state index contributed by atoms with van der Waals surface area (Å²) in [6, 6.07) is 14.2. The van der Waals surface area contributed by atoms with E-state index >= 15 is 0 Å². The van der Waals surface area contributed by atoms with Gasteiger partial charge in [-0.1, -0.05) is 30.3 Å². The van der Waals surface area contributed by atoms with E-state index in [2.05, 4.69) is 15.2 Å². The molecule has 1 aliphatic heterocycles. The molecule has 1 N–H and O–H groups in total. The fourth-order valence-electron chi connectivity index (χ4n) is 4.55. The Morgan fingerprint density at radius 3 is 2.23 bits per heavy atom. The van der Waals surface area contributed by atoms with Crippen molar-refractivity contribution in [3.63, 3.8) is 0 Å². The number of aromatic nitrogens is 2. The number of hydrogen-bond donors (Lipinski definition) is 1. The molecule has 10 heteroatoms. The number of nitrogens with zero attached hydrogens (tertiary/aromatic N) is 3. The number of fused-ring (bicyclic) bond motifs is 1. The normalized spacial score (nSPS) is 14.0. The highest BCUT2D eigenvalue weighted by Crippen LogP contribution is 2.32. The molecule has 0 unspecified atom stereocenters. The Kier molecular flexibility index (Phi) is 7.38. The molecule has 0 atom stereocenters. The molecule has 0 bridgehead atoms. The standard InChI is InChI=1S/C29H24F4N4O2/c30-24-7-3-19(15-23(24)29(31,32)33)14-22(38)13-18-1-4-20(5-2-18)28(39)21-6-8-25-26(16-21)36-27(17-35-25)37-11-9-34-10-12-37/h1-8,15-17,34H,9-14H2. The fraction of sp³-hybridized carbons (Fsp3) is 0.241. The zero-order chi connectivity index (χ0) is 27.6. The molecule has 3 aromatic carbocycles. The minimum Gasteiger partial charge on any atom is -0.353 e. The molecule has 1 fully saturated rings. The van der Waals surface area contributed by atoms with Gasteiger partial charge in [0.15, 0.2) is 5.78 Å². The van der Waals surface area contributed by atoms with Gasteiger partial charge < -0.3 is 10.2 Å². The van der Waals surface area contributed by atoms with Gasteiger partial charge in [-0.05, 0) is 41.5 Å². The Labute approximate surface area is 221 Å². The summed E-state index contributed by atoms with van der Waals surface area (Å²) in [5.41, 5.74) is 1.48. The lowest BCUT2D eigenvalue weighted by Crippen LogP contribution is -2.43. The highest BCUT2D eigenvalue weighted by atomic mass is 19.4. The quantitative estimate of drug-likeness (QED) is 0.271. The van der Waals surface area contributed by atoms with Gasteiger partial charge in [-0.2, -0.15) is 13.2 Å². The molecule has 0 saturated carbocycles. The van der Waals surface area contributed by atoms with Crippen LogP contribution in [-0.2, 0) is 23.8 Å². The van der Waals surface area contributed by atoms with Crippen LogP contribution < -0.4 is 10.2 Å². The third-order valence-corrected chi connectivity index (χ3v) is 6.59. The Bertz CT molecular complexity index is 1530. The SMILES string of the molecule is O=C(Cc1ccc(C(=O)c2ccc3ncc(N4CCNCC4)nc3c2)cc1)Cc1ccc(F)c(C(F)(F)F)c1. The number of carbonyl (C=O) groups is 2. The zero-order valence-electron chi connectivity index (χ0n) is 20.8. The number of ketones is 2. The number of halogens is 4. The van der Waals surface area contributed by atoms with E-state index < -0.39 is 17.6 Å². The smallest absolute Gasteiger partial charge is 0.353 e. The third kappa shape index (κ3) is 6.12. The van der Waals surface area contributed by atoms with Crippen molar-refractivity contribution < 1.29 is 27.2 Å². The number of alkyl halides is 3. The molecule has 4 aromatic rings. The van der Waals surface area contributed by atoms with Crippen molar-refractivity contribution in [1.82, 2.24) is 15.3 Å². The second-order valence-electron chi connectivity index (χ2n) is 9.40. The van der Waals surface area contributed by atoms with Crippen molar-refractivity contribution in [1.29, 1.82) is 0 Å². The first kappa shape index (κ1) is 26.4. The topological polar surface area (TPSA) is 75.2 Å². The molecule has 5 rings (SSSR count). The van der Waals surface area contributed by atoms with Crippen molar-refractivity contribution in [3.8, 4) is 0 Å². The second kappa shape index (κ2) is 10.9. The van der Waals surface area contributed by atoms with E-state index in [9.17, 15) is 27.2 Å². The van der Waals surface area contributed by atoms with Crippen molar-refractivity contribution in [2.75, 3.05) is 31.1 Å². The van der Waals surface area contributed by atoms with Crippen LogP contribution in [0.2, 0.25) is 0 Å². The zero-order valence-corrected chi connectivity index (χ0v) is 20.8. The number of hydrogen-bond acceptors (Lipinski definition) is 6. The molecule has 0 aliphatic carbocycles. The van der Waals surface area contributed by atoms with Gasteiger partial charge in [-0.3, -0.25) is 14.6 Å². The van der Waals surface area contributed by atoms with Crippen molar-refractivity contribution in [3.05, 3.63) is 100 Å². The molecular formula is C29H24F4N4O2. The number of Topliss-reactive ketones (excluding diaryl/α,β-unsaturated/α-hetero) is 1. The van der Waals surface area contributed by atoms with E-state index in [-0.39, 0.29) is 30.0 Å². The fourth-order valence-corrected chi connectivity index (χ4v) is 4.55. The van der Waals surface area contributed by atoms with Gasteiger partial charge in [0.1, 0.15) is 17.4 Å². The van der Waals surface area contributed by atoms with E-state index in [1.807, 2.05) is 0 Å². The molecule has 0 radical (unpaired) electrons. The number of carbonyl (C=O) groups excluding carboxylic acids is 2.